The third-order valence-corrected chi connectivity index (χ3v) is 10.7. The number of aromatic nitrogens is 1. The van der Waals surface area contributed by atoms with Crippen molar-refractivity contribution in [1.82, 2.24) is 10.5 Å². The Morgan fingerprint density at radius 3 is 2.33 bits per heavy atom. The van der Waals surface area contributed by atoms with Crippen molar-refractivity contribution in [2.75, 3.05) is 6.61 Å². The van der Waals surface area contributed by atoms with Crippen LogP contribution in [0.4, 0.5) is 0 Å². The lowest BCUT2D eigenvalue weighted by Gasteiger charge is -2.54. The summed E-state index contributed by atoms with van der Waals surface area (Å²) in [5.74, 6) is 3.34. The molecule has 33 heavy (non-hydrogen) atoms. The number of amides is 1. The minimum Gasteiger partial charge on any atom is -0.474 e. The number of hydrogen-bond acceptors (Lipinski definition) is 7. The van der Waals surface area contributed by atoms with Crippen LogP contribution in [0, 0.1) is 29.1 Å². The van der Waals surface area contributed by atoms with Crippen LogP contribution >= 0.6 is 11.8 Å². The molecule has 1 heterocycles. The van der Waals surface area contributed by atoms with E-state index in [4.69, 9.17) is 9.26 Å². The molecule has 4 bridgehead atoms. The number of nitrogens with one attached hydrogen (secondary N) is 1. The van der Waals surface area contributed by atoms with E-state index in [0.29, 0.717) is 40.7 Å². The Kier molecular flexibility index (Phi) is 5.90. The molecule has 7 rings (SSSR count). The fourth-order valence-electron chi connectivity index (χ4n) is 7.48. The minimum atomic E-state index is -1.41. The van der Waals surface area contributed by atoms with Crippen LogP contribution in [-0.2, 0) is 0 Å². The average Bonchev–Trinajstić information content (AvgIpc) is 3.40. The molecule has 6 aliphatic carbocycles. The number of hydrogen-bond donors (Lipinski definition) is 3. The standard InChI is InChI=1S/C25H36N2O5S/c28-22(26-19-16-9-14-8-15(11-16)12-17(19)10-14)20-21(33-18-4-1-2-5-18)23(27-32-20)31-13-25(24(29)30)6-3-7-25/h14-19,24,29-30H,1-13H2,(H,26,28). The van der Waals surface area contributed by atoms with Crippen molar-refractivity contribution >= 4 is 17.7 Å². The first-order chi connectivity index (χ1) is 16.0. The second-order valence-electron chi connectivity index (χ2n) is 11.5. The van der Waals surface area contributed by atoms with Gasteiger partial charge in [0.05, 0.1) is 5.41 Å². The summed E-state index contributed by atoms with van der Waals surface area (Å²) in [4.78, 5) is 14.1. The van der Waals surface area contributed by atoms with Gasteiger partial charge in [0.15, 0.2) is 6.29 Å². The lowest BCUT2D eigenvalue weighted by atomic mass is 9.54. The summed E-state index contributed by atoms with van der Waals surface area (Å²) >= 11 is 1.65. The van der Waals surface area contributed by atoms with Gasteiger partial charge in [0.1, 0.15) is 11.5 Å². The lowest BCUT2D eigenvalue weighted by molar-refractivity contribution is -0.180. The molecule has 6 fully saturated rings. The number of carbonyl (C=O) groups is 1. The van der Waals surface area contributed by atoms with E-state index in [1.54, 1.807) is 11.8 Å². The van der Waals surface area contributed by atoms with E-state index in [-0.39, 0.29) is 24.3 Å². The first-order valence-electron chi connectivity index (χ1n) is 13.0. The maximum absolute atomic E-state index is 13.4. The number of carbonyl (C=O) groups excluding carboxylic acids is 1. The minimum absolute atomic E-state index is 0.170. The first-order valence-corrected chi connectivity index (χ1v) is 13.8. The molecule has 0 spiro atoms. The summed E-state index contributed by atoms with van der Waals surface area (Å²) in [6, 6.07) is 0.242. The van der Waals surface area contributed by atoms with Gasteiger partial charge in [-0.1, -0.05) is 19.3 Å². The van der Waals surface area contributed by atoms with Crippen LogP contribution in [0.15, 0.2) is 9.42 Å². The van der Waals surface area contributed by atoms with Crippen LogP contribution in [0.2, 0.25) is 0 Å². The van der Waals surface area contributed by atoms with Crippen molar-refractivity contribution in [1.29, 1.82) is 0 Å². The molecule has 7 nitrogen and oxygen atoms in total. The predicted octanol–water partition coefficient (Wildman–Crippen LogP) is 4.12. The van der Waals surface area contributed by atoms with Gasteiger partial charge in [-0.25, -0.2) is 0 Å². The molecule has 182 valence electrons. The highest BCUT2D eigenvalue weighted by Crippen LogP contribution is 2.54. The molecule has 0 aliphatic heterocycles. The van der Waals surface area contributed by atoms with Gasteiger partial charge in [-0.3, -0.25) is 4.79 Å². The number of thioether (sulfide) groups is 1. The zero-order chi connectivity index (χ0) is 22.6. The van der Waals surface area contributed by atoms with Gasteiger partial charge in [0.25, 0.3) is 11.8 Å². The van der Waals surface area contributed by atoms with Crippen molar-refractivity contribution < 1.29 is 24.3 Å². The van der Waals surface area contributed by atoms with Gasteiger partial charge in [-0.15, -0.1) is 11.8 Å². The summed E-state index contributed by atoms with van der Waals surface area (Å²) < 4.78 is 11.6. The Morgan fingerprint density at radius 1 is 1.09 bits per heavy atom. The van der Waals surface area contributed by atoms with Crippen LogP contribution in [0.25, 0.3) is 0 Å². The largest absolute Gasteiger partial charge is 0.474 e. The summed E-state index contributed by atoms with van der Waals surface area (Å²) in [5, 5.41) is 27.6. The molecule has 0 unspecified atom stereocenters. The molecule has 8 heteroatoms. The van der Waals surface area contributed by atoms with Crippen molar-refractivity contribution in [3.63, 3.8) is 0 Å². The molecule has 3 N–H and O–H groups in total. The average molecular weight is 477 g/mol. The fraction of sp³-hybridized carbons (Fsp3) is 0.840. The van der Waals surface area contributed by atoms with Crippen LogP contribution in [-0.4, -0.2) is 45.5 Å². The van der Waals surface area contributed by atoms with Crippen molar-refractivity contribution in [2.45, 2.75) is 99.5 Å². The van der Waals surface area contributed by atoms with Crippen molar-refractivity contribution in [2.24, 2.45) is 29.1 Å². The third-order valence-electron chi connectivity index (χ3n) is 9.33. The zero-order valence-corrected chi connectivity index (χ0v) is 20.0. The molecule has 0 atom stereocenters. The quantitative estimate of drug-likeness (QED) is 0.485. The number of ether oxygens (including phenoxy) is 1. The van der Waals surface area contributed by atoms with E-state index in [2.05, 4.69) is 10.5 Å². The molecule has 0 saturated heterocycles. The van der Waals surface area contributed by atoms with E-state index in [1.165, 1.54) is 44.9 Å². The van der Waals surface area contributed by atoms with Gasteiger partial charge in [-0.2, -0.15) is 0 Å². The summed E-state index contributed by atoms with van der Waals surface area (Å²) in [6.45, 7) is 0.173. The molecule has 6 saturated carbocycles. The number of aliphatic hydroxyl groups excluding tert-OH is 1. The van der Waals surface area contributed by atoms with E-state index < -0.39 is 11.7 Å². The Bertz CT molecular complexity index is 848. The zero-order valence-electron chi connectivity index (χ0n) is 19.2. The van der Waals surface area contributed by atoms with Gasteiger partial charge in [0.2, 0.25) is 5.76 Å². The highest BCUT2D eigenvalue weighted by Gasteiger charge is 2.49. The SMILES string of the molecule is O=C(NC1C2CC3CC(C2)CC1C3)c1onc(OCC2(C(O)O)CCC2)c1SC1CCCC1. The number of nitrogens with zero attached hydrogens (tertiary/aromatic N) is 1. The highest BCUT2D eigenvalue weighted by molar-refractivity contribution is 8.00. The third kappa shape index (κ3) is 4.10. The Hall–Kier alpha value is -1.25. The van der Waals surface area contributed by atoms with Crippen molar-refractivity contribution in [3.05, 3.63) is 5.76 Å². The molecule has 0 aromatic carbocycles. The summed E-state index contributed by atoms with van der Waals surface area (Å²) in [6.07, 6.45) is 12.0. The highest BCUT2D eigenvalue weighted by atomic mass is 32.2. The van der Waals surface area contributed by atoms with Gasteiger partial charge in [-0.05, 0) is 86.6 Å². The van der Waals surface area contributed by atoms with E-state index in [0.717, 1.165) is 31.1 Å². The first kappa shape index (κ1) is 22.2. The maximum atomic E-state index is 13.4. The van der Waals surface area contributed by atoms with Gasteiger partial charge >= 0.3 is 0 Å². The van der Waals surface area contributed by atoms with Crippen LogP contribution in [0.3, 0.4) is 0 Å². The smallest absolute Gasteiger partial charge is 0.291 e. The number of rotatable bonds is 8. The Labute approximate surface area is 199 Å². The molecule has 1 amide bonds. The Morgan fingerprint density at radius 2 is 1.76 bits per heavy atom. The normalized spacial score (nSPS) is 34.6. The van der Waals surface area contributed by atoms with E-state index in [1.807, 2.05) is 0 Å². The number of aliphatic hydroxyl groups is 2. The van der Waals surface area contributed by atoms with Gasteiger partial charge in [0, 0.05) is 11.3 Å². The molecule has 0 radical (unpaired) electrons. The molecule has 1 aromatic rings. The van der Waals surface area contributed by atoms with Crippen LogP contribution in [0.1, 0.15) is 87.6 Å². The molecular weight excluding hydrogens is 440 g/mol. The second-order valence-corrected chi connectivity index (χ2v) is 12.8. The second kappa shape index (κ2) is 8.76. The topological polar surface area (TPSA) is 105 Å². The molecule has 6 aliphatic rings. The summed E-state index contributed by atoms with van der Waals surface area (Å²) in [5.41, 5.74) is -0.642. The fourth-order valence-corrected chi connectivity index (χ4v) is 8.81. The molecular formula is C25H36N2O5S. The summed E-state index contributed by atoms with van der Waals surface area (Å²) in [7, 11) is 0. The van der Waals surface area contributed by atoms with Gasteiger partial charge < -0.3 is 24.8 Å². The van der Waals surface area contributed by atoms with E-state index >= 15 is 0 Å². The lowest BCUT2D eigenvalue weighted by Crippen LogP contribution is -2.55. The van der Waals surface area contributed by atoms with Crippen LogP contribution < -0.4 is 10.1 Å². The molecule has 1 aromatic heterocycles. The Balaban J connectivity index is 1.19. The monoisotopic (exact) mass is 476 g/mol. The van der Waals surface area contributed by atoms with E-state index in [9.17, 15) is 15.0 Å². The predicted molar refractivity (Wildman–Crippen MR) is 123 cm³/mol. The van der Waals surface area contributed by atoms with Crippen molar-refractivity contribution in [3.8, 4) is 5.88 Å². The maximum Gasteiger partial charge on any atom is 0.291 e. The van der Waals surface area contributed by atoms with Crippen LogP contribution in [0.5, 0.6) is 5.88 Å².